The first kappa shape index (κ1) is 81.0. The number of hydrogen-bond acceptors (Lipinski definition) is 2. The van der Waals surface area contributed by atoms with Crippen molar-refractivity contribution in [3.05, 3.63) is 22.3 Å². The minimum atomic E-state index is 0. The van der Waals surface area contributed by atoms with Crippen LogP contribution in [0.1, 0.15) is 0 Å². The van der Waals surface area contributed by atoms with Gasteiger partial charge in [0.1, 0.15) is 0 Å². The van der Waals surface area contributed by atoms with Gasteiger partial charge in [0.05, 0.1) is 0 Å². The fraction of sp³-hybridized carbons (Fsp3) is 0. The van der Waals surface area contributed by atoms with E-state index in [-0.39, 0.29) is 98.1 Å². The van der Waals surface area contributed by atoms with Gasteiger partial charge in [0.25, 0.3) is 16.1 Å². The molecular formula is C3H11B2Ir2LaO2-3. The SMILES string of the molecule is [B]O.[B]O.[CH3-].[CH3-].[CH3-].[Ir].[Ir].[La]. The van der Waals surface area contributed by atoms with Crippen molar-refractivity contribution < 1.29 is 85.9 Å². The molecule has 0 aromatic rings. The van der Waals surface area contributed by atoms with E-state index in [0.29, 0.717) is 0 Å². The van der Waals surface area contributed by atoms with Gasteiger partial charge in [-0.3, -0.25) is 0 Å². The van der Waals surface area contributed by atoms with E-state index in [1.807, 2.05) is 0 Å². The van der Waals surface area contributed by atoms with E-state index in [2.05, 4.69) is 16.1 Å². The van der Waals surface area contributed by atoms with E-state index in [9.17, 15) is 0 Å². The van der Waals surface area contributed by atoms with Crippen LogP contribution >= 0.6 is 0 Å². The zero-order chi connectivity index (χ0) is 4.00. The molecule has 0 rings (SSSR count). The molecule has 0 aromatic heterocycles. The quantitative estimate of drug-likeness (QED) is 0.282. The molecule has 0 unspecified atom stereocenters. The molecule has 0 aliphatic heterocycles. The first-order chi connectivity index (χ1) is 2.00. The van der Waals surface area contributed by atoms with Crippen molar-refractivity contribution >= 4 is 16.1 Å². The molecule has 2 nitrogen and oxygen atoms in total. The summed E-state index contributed by atoms with van der Waals surface area (Å²) in [7, 11) is 7.00. The summed E-state index contributed by atoms with van der Waals surface area (Å²) < 4.78 is 0. The van der Waals surface area contributed by atoms with Crippen LogP contribution in [0.3, 0.4) is 0 Å². The number of rotatable bonds is 0. The first-order valence-electron chi connectivity index (χ1n) is 0.516. The van der Waals surface area contributed by atoms with Crippen molar-refractivity contribution in [2.75, 3.05) is 0 Å². The molecule has 7 radical (unpaired) electrons. The Morgan fingerprint density at radius 2 is 0.600 bits per heavy atom. The van der Waals surface area contributed by atoms with Crippen LogP contribution in [0, 0.1) is 57.9 Å². The standard InChI is InChI=1S/3CH3.2BHO.2Ir.La/c;;;2*1-2;;;/h3*1H3;2*2H;;;/q3*-1;;;;;. The van der Waals surface area contributed by atoms with Crippen LogP contribution in [0.4, 0.5) is 0 Å². The molecule has 2 N–H and O–H groups in total. The Kier molecular flexibility index (Phi) is 1610. The molecule has 0 aliphatic carbocycles. The van der Waals surface area contributed by atoms with E-state index >= 15 is 0 Å². The van der Waals surface area contributed by atoms with E-state index in [1.54, 1.807) is 0 Å². The topological polar surface area (TPSA) is 40.5 Å². The van der Waals surface area contributed by atoms with Crippen LogP contribution in [0.5, 0.6) is 0 Å². The molecule has 0 amide bonds. The minimum absolute atomic E-state index is 0. The monoisotopic (exact) mass is 626 g/mol. The summed E-state index contributed by atoms with van der Waals surface area (Å²) in [6.07, 6.45) is 0. The first-order valence-corrected chi connectivity index (χ1v) is 0.516. The van der Waals surface area contributed by atoms with Crippen LogP contribution in [-0.4, -0.2) is 26.1 Å². The van der Waals surface area contributed by atoms with Crippen molar-refractivity contribution in [2.24, 2.45) is 0 Å². The van der Waals surface area contributed by atoms with Gasteiger partial charge < -0.3 is 32.3 Å². The Balaban J connectivity index is -0.000000000833. The normalized spacial score (nSPS) is 1.00. The van der Waals surface area contributed by atoms with Crippen molar-refractivity contribution in [3.63, 3.8) is 0 Å². The fourth-order valence-electron chi connectivity index (χ4n) is 0. The molecule has 0 aromatic carbocycles. The summed E-state index contributed by atoms with van der Waals surface area (Å²) in [5.41, 5.74) is 0. The summed E-state index contributed by atoms with van der Waals surface area (Å²) in [5.74, 6) is 0. The molecule has 0 aliphatic rings. The average molecular weight is 624 g/mol. The zero-order valence-electron chi connectivity index (χ0n) is 6.29. The second-order valence-electron chi connectivity index (χ2n) is 0. The molecule has 0 atom stereocenters. The molecule has 0 saturated heterocycles. The Bertz CT molecular complexity index is 22.5. The maximum Gasteiger partial charge on any atom is 0.277 e. The van der Waals surface area contributed by atoms with Gasteiger partial charge in [-0.2, -0.15) is 0 Å². The van der Waals surface area contributed by atoms with Gasteiger partial charge in [-0.25, -0.2) is 0 Å². The van der Waals surface area contributed by atoms with E-state index in [0.717, 1.165) is 0 Å². The summed E-state index contributed by atoms with van der Waals surface area (Å²) >= 11 is 0. The molecule has 10 heavy (non-hydrogen) atoms. The van der Waals surface area contributed by atoms with E-state index in [1.165, 1.54) is 0 Å². The van der Waals surface area contributed by atoms with Gasteiger partial charge in [-0.15, -0.1) is 0 Å². The average Bonchev–Trinajstić information content (AvgIpc) is 1.50. The van der Waals surface area contributed by atoms with Crippen LogP contribution in [0.2, 0.25) is 0 Å². The maximum absolute atomic E-state index is 6.50. The van der Waals surface area contributed by atoms with Crippen molar-refractivity contribution in [2.45, 2.75) is 0 Å². The molecule has 0 heterocycles. The number of hydrogen-bond donors (Lipinski definition) is 2. The van der Waals surface area contributed by atoms with Crippen LogP contribution in [0.25, 0.3) is 0 Å². The summed E-state index contributed by atoms with van der Waals surface area (Å²) in [5, 5.41) is 13.0. The zero-order valence-corrected chi connectivity index (χ0v) is 14.7. The maximum atomic E-state index is 6.50. The molecule has 65 valence electrons. The van der Waals surface area contributed by atoms with Crippen molar-refractivity contribution in [1.29, 1.82) is 0 Å². The second kappa shape index (κ2) is 198. The third kappa shape index (κ3) is 148. The fourth-order valence-corrected chi connectivity index (χ4v) is 0. The molecule has 0 saturated carbocycles. The Hall–Kier alpha value is 2.54. The van der Waals surface area contributed by atoms with Gasteiger partial charge >= 0.3 is 0 Å². The van der Waals surface area contributed by atoms with Crippen LogP contribution < -0.4 is 0 Å². The second-order valence-corrected chi connectivity index (χ2v) is 0. The summed E-state index contributed by atoms with van der Waals surface area (Å²) in [6.45, 7) is 0. The van der Waals surface area contributed by atoms with Gasteiger partial charge in [0.15, 0.2) is 0 Å². The Morgan fingerprint density at radius 1 is 0.600 bits per heavy atom. The van der Waals surface area contributed by atoms with Gasteiger partial charge in [-0.05, 0) is 0 Å². The molecular weight excluding hydrogens is 613 g/mol. The summed E-state index contributed by atoms with van der Waals surface area (Å²) in [4.78, 5) is 0. The third-order valence-corrected chi connectivity index (χ3v) is 0. The minimum Gasteiger partial charge on any atom is -0.461 e. The molecule has 0 bridgehead atoms. The third-order valence-electron chi connectivity index (χ3n) is 0. The predicted molar refractivity (Wildman–Crippen MR) is 35.2 cm³/mol. The van der Waals surface area contributed by atoms with Crippen molar-refractivity contribution in [1.82, 2.24) is 0 Å². The molecule has 7 heteroatoms. The predicted octanol–water partition coefficient (Wildman–Crippen LogP) is -0.530. The summed E-state index contributed by atoms with van der Waals surface area (Å²) in [6, 6.07) is 0. The van der Waals surface area contributed by atoms with Gasteiger partial charge in [-0.1, -0.05) is 0 Å². The van der Waals surface area contributed by atoms with Gasteiger partial charge in [0.2, 0.25) is 0 Å². The van der Waals surface area contributed by atoms with Crippen molar-refractivity contribution in [3.8, 4) is 0 Å². The Labute approximate surface area is 123 Å². The molecule has 0 fully saturated rings. The largest absolute Gasteiger partial charge is 0.461 e. The van der Waals surface area contributed by atoms with Crippen LogP contribution in [-0.2, 0) is 40.2 Å². The molecule has 0 spiro atoms. The van der Waals surface area contributed by atoms with E-state index < -0.39 is 0 Å². The van der Waals surface area contributed by atoms with Gasteiger partial charge in [0, 0.05) is 75.8 Å². The Morgan fingerprint density at radius 3 is 0.600 bits per heavy atom. The van der Waals surface area contributed by atoms with E-state index in [4.69, 9.17) is 10.0 Å². The van der Waals surface area contributed by atoms with Crippen LogP contribution in [0.15, 0.2) is 0 Å². The smallest absolute Gasteiger partial charge is 0.277 e.